The molecule has 0 fully saturated rings. The van der Waals surface area contributed by atoms with Crippen molar-refractivity contribution in [2.75, 3.05) is 14.2 Å². The molecule has 0 aliphatic carbocycles. The lowest BCUT2D eigenvalue weighted by Gasteiger charge is -2.20. The molecule has 112 valence electrons. The van der Waals surface area contributed by atoms with Gasteiger partial charge in [-0.15, -0.1) is 0 Å². The molecule has 20 heavy (non-hydrogen) atoms. The Morgan fingerprint density at radius 3 is 2.35 bits per heavy atom. The van der Waals surface area contributed by atoms with Crippen LogP contribution in [0.2, 0.25) is 0 Å². The van der Waals surface area contributed by atoms with Gasteiger partial charge in [-0.3, -0.25) is 4.79 Å². The molecular formula is C13H15BrF2O4. The number of carbonyl (C=O) groups is 1. The maximum atomic E-state index is 14.1. The summed E-state index contributed by atoms with van der Waals surface area (Å²) in [6.07, 6.45) is -0.947. The van der Waals surface area contributed by atoms with Crippen LogP contribution >= 0.6 is 15.9 Å². The van der Waals surface area contributed by atoms with Crippen molar-refractivity contribution in [3.63, 3.8) is 0 Å². The van der Waals surface area contributed by atoms with Crippen molar-refractivity contribution in [3.8, 4) is 11.5 Å². The Labute approximate surface area is 123 Å². The molecular weight excluding hydrogens is 338 g/mol. The molecule has 0 spiro atoms. The number of ether oxygens (including phenoxy) is 2. The number of alkyl halides is 2. The van der Waals surface area contributed by atoms with E-state index in [1.54, 1.807) is 0 Å². The SMILES string of the molecule is COc1cc(Br)c(C(F)(F)CCCC(=O)O)cc1OC. The Morgan fingerprint density at radius 2 is 1.85 bits per heavy atom. The molecule has 4 nitrogen and oxygen atoms in total. The molecule has 0 amide bonds. The second-order valence-electron chi connectivity index (χ2n) is 4.14. The van der Waals surface area contributed by atoms with E-state index in [-0.39, 0.29) is 28.6 Å². The number of aliphatic carboxylic acids is 1. The van der Waals surface area contributed by atoms with E-state index >= 15 is 0 Å². The molecule has 1 aromatic rings. The number of benzene rings is 1. The van der Waals surface area contributed by atoms with Gasteiger partial charge in [-0.2, -0.15) is 0 Å². The highest BCUT2D eigenvalue weighted by Crippen LogP contribution is 2.42. The Kier molecular flexibility index (Phi) is 5.74. The van der Waals surface area contributed by atoms with Crippen LogP contribution in [0, 0.1) is 0 Å². The normalized spacial score (nSPS) is 11.2. The van der Waals surface area contributed by atoms with Gasteiger partial charge in [0.1, 0.15) is 0 Å². The van der Waals surface area contributed by atoms with Crippen LogP contribution in [0.25, 0.3) is 0 Å². The molecule has 0 aliphatic rings. The van der Waals surface area contributed by atoms with E-state index in [2.05, 4.69) is 15.9 Å². The minimum atomic E-state index is -3.15. The number of hydrogen-bond acceptors (Lipinski definition) is 3. The van der Waals surface area contributed by atoms with Crippen molar-refractivity contribution in [1.29, 1.82) is 0 Å². The first-order valence-electron chi connectivity index (χ1n) is 5.83. The molecule has 1 rings (SSSR count). The third-order valence-electron chi connectivity index (χ3n) is 2.75. The lowest BCUT2D eigenvalue weighted by molar-refractivity contribution is -0.137. The van der Waals surface area contributed by atoms with Gasteiger partial charge in [-0.1, -0.05) is 15.9 Å². The van der Waals surface area contributed by atoms with Crippen LogP contribution in [0.4, 0.5) is 8.78 Å². The van der Waals surface area contributed by atoms with Crippen molar-refractivity contribution >= 4 is 21.9 Å². The Bertz CT molecular complexity index is 492. The van der Waals surface area contributed by atoms with Crippen molar-refractivity contribution in [2.45, 2.75) is 25.2 Å². The number of carboxylic acids is 1. The molecule has 0 unspecified atom stereocenters. The van der Waals surface area contributed by atoms with E-state index in [9.17, 15) is 13.6 Å². The molecule has 0 radical (unpaired) electrons. The Balaban J connectivity index is 3.01. The van der Waals surface area contributed by atoms with Crippen LogP contribution in [-0.4, -0.2) is 25.3 Å². The summed E-state index contributed by atoms with van der Waals surface area (Å²) in [5.74, 6) is -3.70. The minimum absolute atomic E-state index is 0.108. The standard InChI is InChI=1S/C13H15BrF2O4/c1-19-10-6-8(9(14)7-11(10)20-2)13(15,16)5-3-4-12(17)18/h6-7H,3-5H2,1-2H3,(H,17,18). The van der Waals surface area contributed by atoms with Crippen LogP contribution in [0.15, 0.2) is 16.6 Å². The maximum Gasteiger partial charge on any atom is 0.303 e. The van der Waals surface area contributed by atoms with Gasteiger partial charge >= 0.3 is 5.97 Å². The van der Waals surface area contributed by atoms with E-state index in [0.717, 1.165) is 0 Å². The quantitative estimate of drug-likeness (QED) is 0.810. The predicted molar refractivity (Wildman–Crippen MR) is 72.6 cm³/mol. The highest BCUT2D eigenvalue weighted by molar-refractivity contribution is 9.10. The molecule has 0 aliphatic heterocycles. The molecule has 0 saturated heterocycles. The summed E-state index contributed by atoms with van der Waals surface area (Å²) < 4.78 is 38.4. The van der Waals surface area contributed by atoms with Gasteiger partial charge in [0.15, 0.2) is 11.5 Å². The number of hydrogen-bond donors (Lipinski definition) is 1. The average molecular weight is 353 g/mol. The molecule has 0 atom stereocenters. The number of carboxylic acid groups (broad SMARTS) is 1. The molecule has 1 N–H and O–H groups in total. The maximum absolute atomic E-state index is 14.1. The number of halogens is 3. The van der Waals surface area contributed by atoms with E-state index < -0.39 is 18.3 Å². The van der Waals surface area contributed by atoms with Gasteiger partial charge in [0.2, 0.25) is 0 Å². The monoisotopic (exact) mass is 352 g/mol. The zero-order valence-corrected chi connectivity index (χ0v) is 12.7. The van der Waals surface area contributed by atoms with Crippen molar-refractivity contribution in [1.82, 2.24) is 0 Å². The van der Waals surface area contributed by atoms with Crippen molar-refractivity contribution in [3.05, 3.63) is 22.2 Å². The van der Waals surface area contributed by atoms with Crippen LogP contribution in [0.3, 0.4) is 0 Å². The van der Waals surface area contributed by atoms with Gasteiger partial charge in [-0.05, 0) is 18.6 Å². The summed E-state index contributed by atoms with van der Waals surface area (Å²) in [7, 11) is 2.77. The van der Waals surface area contributed by atoms with Gasteiger partial charge in [0.05, 0.1) is 14.2 Å². The van der Waals surface area contributed by atoms with Crippen molar-refractivity contribution < 1.29 is 28.2 Å². The fraction of sp³-hybridized carbons (Fsp3) is 0.462. The Hall–Kier alpha value is -1.37. The number of rotatable bonds is 7. The Morgan fingerprint density at radius 1 is 1.30 bits per heavy atom. The average Bonchev–Trinajstić information content (AvgIpc) is 2.37. The van der Waals surface area contributed by atoms with E-state index in [1.807, 2.05) is 0 Å². The zero-order valence-electron chi connectivity index (χ0n) is 11.1. The van der Waals surface area contributed by atoms with Crippen molar-refractivity contribution in [2.24, 2.45) is 0 Å². The van der Waals surface area contributed by atoms with Crippen LogP contribution in [0.1, 0.15) is 24.8 Å². The molecule has 0 bridgehead atoms. The summed E-state index contributed by atoms with van der Waals surface area (Å²) in [6.45, 7) is 0. The fourth-order valence-electron chi connectivity index (χ4n) is 1.73. The lowest BCUT2D eigenvalue weighted by Crippen LogP contribution is -2.15. The minimum Gasteiger partial charge on any atom is -0.493 e. The van der Waals surface area contributed by atoms with Gasteiger partial charge in [-0.25, -0.2) is 8.78 Å². The lowest BCUT2D eigenvalue weighted by atomic mass is 10.0. The smallest absolute Gasteiger partial charge is 0.303 e. The summed E-state index contributed by atoms with van der Waals surface area (Å²) in [5.41, 5.74) is -0.250. The van der Waals surface area contributed by atoms with Crippen LogP contribution in [0.5, 0.6) is 11.5 Å². The van der Waals surface area contributed by atoms with Gasteiger partial charge < -0.3 is 14.6 Å². The third-order valence-corrected chi connectivity index (χ3v) is 3.40. The highest BCUT2D eigenvalue weighted by Gasteiger charge is 2.34. The molecule has 0 heterocycles. The number of methoxy groups -OCH3 is 2. The summed E-state index contributed by atoms with van der Waals surface area (Å²) in [6, 6.07) is 2.60. The van der Waals surface area contributed by atoms with Crippen LogP contribution < -0.4 is 9.47 Å². The van der Waals surface area contributed by atoms with Gasteiger partial charge in [0.25, 0.3) is 5.92 Å². The summed E-state index contributed by atoms with van der Waals surface area (Å²) in [5, 5.41) is 8.50. The van der Waals surface area contributed by atoms with Gasteiger partial charge in [0, 0.05) is 22.9 Å². The summed E-state index contributed by atoms with van der Waals surface area (Å²) >= 11 is 3.08. The highest BCUT2D eigenvalue weighted by atomic mass is 79.9. The second kappa shape index (κ2) is 6.88. The molecule has 1 aromatic carbocycles. The first-order chi connectivity index (χ1) is 9.31. The van der Waals surface area contributed by atoms with E-state index in [0.29, 0.717) is 5.75 Å². The second-order valence-corrected chi connectivity index (χ2v) is 4.99. The molecule has 7 heteroatoms. The zero-order chi connectivity index (χ0) is 15.3. The summed E-state index contributed by atoms with van der Waals surface area (Å²) in [4.78, 5) is 10.4. The predicted octanol–water partition coefficient (Wildman–Crippen LogP) is 3.81. The first-order valence-corrected chi connectivity index (χ1v) is 6.62. The molecule has 0 saturated carbocycles. The largest absolute Gasteiger partial charge is 0.493 e. The molecule has 0 aromatic heterocycles. The first kappa shape index (κ1) is 16.7. The topological polar surface area (TPSA) is 55.8 Å². The van der Waals surface area contributed by atoms with Crippen LogP contribution in [-0.2, 0) is 10.7 Å². The fourth-order valence-corrected chi connectivity index (χ4v) is 2.34. The van der Waals surface area contributed by atoms with E-state index in [1.165, 1.54) is 26.4 Å². The van der Waals surface area contributed by atoms with E-state index in [4.69, 9.17) is 14.6 Å². The third kappa shape index (κ3) is 4.06.